The molecule has 2 aromatic carbocycles. The highest BCUT2D eigenvalue weighted by atomic mass is 19.1. The van der Waals surface area contributed by atoms with E-state index in [1.807, 2.05) is 11.9 Å². The largest absolute Gasteiger partial charge is 0.508 e. The summed E-state index contributed by atoms with van der Waals surface area (Å²) in [6.45, 7) is 1.84. The quantitative estimate of drug-likeness (QED) is 0.164. The van der Waals surface area contributed by atoms with Gasteiger partial charge in [0.2, 0.25) is 0 Å². The van der Waals surface area contributed by atoms with Gasteiger partial charge in [-0.3, -0.25) is 14.8 Å². The number of amides is 1. The average molecular weight is 706 g/mol. The van der Waals surface area contributed by atoms with Gasteiger partial charge >= 0.3 is 6.01 Å². The third-order valence-corrected chi connectivity index (χ3v) is 10.4. The minimum absolute atomic E-state index is 0.0369. The first-order valence-corrected chi connectivity index (χ1v) is 17.2. The van der Waals surface area contributed by atoms with Gasteiger partial charge in [-0.2, -0.15) is 9.97 Å². The van der Waals surface area contributed by atoms with E-state index in [0.717, 1.165) is 25.5 Å². The third-order valence-electron chi connectivity index (χ3n) is 10.4. The zero-order valence-corrected chi connectivity index (χ0v) is 28.3. The highest BCUT2D eigenvalue weighted by Crippen LogP contribution is 2.40. The minimum Gasteiger partial charge on any atom is -0.508 e. The number of piperazine rings is 1. The van der Waals surface area contributed by atoms with Crippen LogP contribution in [0.25, 0.3) is 39.0 Å². The molecule has 2 unspecified atom stereocenters. The van der Waals surface area contributed by atoms with Gasteiger partial charge in [0.1, 0.15) is 35.2 Å². The zero-order chi connectivity index (χ0) is 36.1. The van der Waals surface area contributed by atoms with Gasteiger partial charge in [0.25, 0.3) is 5.91 Å². The van der Waals surface area contributed by atoms with Crippen molar-refractivity contribution in [2.45, 2.75) is 43.8 Å². The van der Waals surface area contributed by atoms with Crippen LogP contribution in [-0.4, -0.2) is 92.2 Å². The fourth-order valence-corrected chi connectivity index (χ4v) is 7.81. The number of hydrogen-bond acceptors (Lipinski definition) is 9. The van der Waals surface area contributed by atoms with Gasteiger partial charge in [-0.05, 0) is 75.0 Å². The molecule has 264 valence electrons. The van der Waals surface area contributed by atoms with Crippen molar-refractivity contribution in [3.8, 4) is 35.4 Å². The number of phenolic OH excluding ortho intramolecular Hbond substituents is 1. The summed E-state index contributed by atoms with van der Waals surface area (Å²) in [6.07, 6.45) is 13.1. The fourth-order valence-electron chi connectivity index (χ4n) is 7.81. The number of ether oxygens (including phenoxy) is 1. The Kier molecular flexibility index (Phi) is 8.63. The number of halogens is 3. The first-order chi connectivity index (χ1) is 25.2. The van der Waals surface area contributed by atoms with Gasteiger partial charge in [-0.15, -0.1) is 6.42 Å². The number of terminal acetylenes is 1. The molecule has 8 rings (SSSR count). The Labute approximate surface area is 297 Å². The van der Waals surface area contributed by atoms with Crippen LogP contribution in [0.4, 0.5) is 19.0 Å². The summed E-state index contributed by atoms with van der Waals surface area (Å²) in [5.74, 6) is -0.553. The lowest BCUT2D eigenvalue weighted by molar-refractivity contribution is -0.131. The normalized spacial score (nSPS) is 20.5. The van der Waals surface area contributed by atoms with E-state index in [4.69, 9.17) is 16.1 Å². The first kappa shape index (κ1) is 33.4. The Morgan fingerprint density at radius 1 is 1.10 bits per heavy atom. The van der Waals surface area contributed by atoms with Crippen molar-refractivity contribution in [2.24, 2.45) is 0 Å². The number of benzene rings is 2. The Morgan fingerprint density at radius 3 is 2.62 bits per heavy atom. The van der Waals surface area contributed by atoms with Crippen molar-refractivity contribution in [3.05, 3.63) is 83.6 Å². The third kappa shape index (κ3) is 5.92. The lowest BCUT2D eigenvalue weighted by atomic mass is 9.96. The van der Waals surface area contributed by atoms with E-state index < -0.39 is 23.4 Å². The maximum absolute atomic E-state index is 16.9. The summed E-state index contributed by atoms with van der Waals surface area (Å²) in [5, 5.41) is 11.5. The molecule has 1 N–H and O–H groups in total. The molecule has 3 fully saturated rings. The van der Waals surface area contributed by atoms with Crippen molar-refractivity contribution in [1.82, 2.24) is 29.7 Å². The molecule has 3 atom stereocenters. The topological polar surface area (TPSA) is 108 Å². The van der Waals surface area contributed by atoms with Crippen LogP contribution in [0, 0.1) is 24.0 Å². The number of carbonyl (C=O) groups is 1. The van der Waals surface area contributed by atoms with Crippen LogP contribution in [0.15, 0.2) is 60.7 Å². The molecule has 3 aliphatic heterocycles. The number of phenols is 1. The molecule has 0 spiro atoms. The Morgan fingerprint density at radius 2 is 1.90 bits per heavy atom. The summed E-state index contributed by atoms with van der Waals surface area (Å²) >= 11 is 0. The van der Waals surface area contributed by atoms with Gasteiger partial charge in [0.05, 0.1) is 28.7 Å². The standard InChI is InChI=1S/C39H34F3N7O3/c1-3-28-31(40)12-9-22-15-27(50)17-29(33(22)28)35-34(42)36-30(18-44-35)37(46-39(45-36)52-21-26-8-6-14-47(26)2)48-19-24-10-11-25(20-48)49(24)38(51)32(41)16-23-7-4-5-13-43-23/h1,4-5,7,9,12-13,15-18,24-26,50H,6,8,10-11,14,19-21H2,2H3/b32-16-/t24?,25?,26-/m0/s1. The van der Waals surface area contributed by atoms with Gasteiger partial charge in [0, 0.05) is 48.6 Å². The molecule has 0 aliphatic carbocycles. The van der Waals surface area contributed by atoms with Gasteiger partial charge in [0.15, 0.2) is 11.6 Å². The van der Waals surface area contributed by atoms with Crippen molar-refractivity contribution in [2.75, 3.05) is 38.2 Å². The predicted molar refractivity (Wildman–Crippen MR) is 190 cm³/mol. The van der Waals surface area contributed by atoms with E-state index in [1.54, 1.807) is 23.1 Å². The maximum atomic E-state index is 16.9. The summed E-state index contributed by atoms with van der Waals surface area (Å²) in [7, 11) is 2.02. The molecule has 0 radical (unpaired) electrons. The Hall–Kier alpha value is -5.74. The molecule has 13 heteroatoms. The molecule has 2 bridgehead atoms. The molecule has 3 aliphatic rings. The monoisotopic (exact) mass is 705 g/mol. The number of pyridine rings is 2. The van der Waals surface area contributed by atoms with Gasteiger partial charge in [-0.1, -0.05) is 18.1 Å². The second kappa shape index (κ2) is 13.4. The van der Waals surface area contributed by atoms with Crippen LogP contribution in [-0.2, 0) is 4.79 Å². The highest BCUT2D eigenvalue weighted by molar-refractivity contribution is 6.03. The van der Waals surface area contributed by atoms with Crippen LogP contribution in [0.1, 0.15) is 36.9 Å². The molecule has 0 saturated carbocycles. The number of likely N-dealkylation sites (N-methyl/N-ethyl adjacent to an activating group) is 1. The fraction of sp³-hybridized carbons (Fsp3) is 0.308. The van der Waals surface area contributed by atoms with Crippen molar-refractivity contribution < 1.29 is 27.8 Å². The second-order valence-corrected chi connectivity index (χ2v) is 13.5. The highest BCUT2D eigenvalue weighted by Gasteiger charge is 2.44. The second-order valence-electron chi connectivity index (χ2n) is 13.5. The van der Waals surface area contributed by atoms with Crippen LogP contribution < -0.4 is 9.64 Å². The Bertz CT molecular complexity index is 2280. The summed E-state index contributed by atoms with van der Waals surface area (Å²) < 4.78 is 53.2. The number of likely N-dealkylation sites (tertiary alicyclic amines) is 1. The van der Waals surface area contributed by atoms with E-state index in [2.05, 4.69) is 25.8 Å². The molecular formula is C39H34F3N7O3. The zero-order valence-electron chi connectivity index (χ0n) is 28.3. The van der Waals surface area contributed by atoms with Gasteiger partial charge in [-0.25, -0.2) is 13.2 Å². The maximum Gasteiger partial charge on any atom is 0.319 e. The van der Waals surface area contributed by atoms with Crippen LogP contribution >= 0.6 is 0 Å². The molecule has 1 amide bonds. The summed E-state index contributed by atoms with van der Waals surface area (Å²) in [6, 6.07) is 9.86. The van der Waals surface area contributed by atoms with Crippen LogP contribution in [0.3, 0.4) is 0 Å². The molecule has 52 heavy (non-hydrogen) atoms. The first-order valence-electron chi connectivity index (χ1n) is 17.2. The van der Waals surface area contributed by atoms with Crippen molar-refractivity contribution in [3.63, 3.8) is 0 Å². The van der Waals surface area contributed by atoms with Crippen molar-refractivity contribution in [1.29, 1.82) is 0 Å². The van der Waals surface area contributed by atoms with Crippen LogP contribution in [0.2, 0.25) is 0 Å². The average Bonchev–Trinajstić information content (AvgIpc) is 3.68. The molecule has 10 nitrogen and oxygen atoms in total. The molecule has 3 aromatic heterocycles. The van der Waals surface area contributed by atoms with Crippen molar-refractivity contribution >= 4 is 39.5 Å². The van der Waals surface area contributed by atoms with Crippen LogP contribution in [0.5, 0.6) is 11.8 Å². The number of aromatic hydroxyl groups is 1. The van der Waals surface area contributed by atoms with Gasteiger partial charge < -0.3 is 24.5 Å². The SMILES string of the molecule is C#Cc1c(F)ccc2cc(O)cc(-c3ncc4c(N5CC6CCC(C5)N6C(=O)/C(F)=C/c5ccccn5)nc(OC[C@@H]5CCCN5C)nc4c3F)c12. The van der Waals surface area contributed by atoms with E-state index in [0.29, 0.717) is 54.8 Å². The molecule has 3 saturated heterocycles. The lowest BCUT2D eigenvalue weighted by Gasteiger charge is -2.41. The number of rotatable bonds is 7. The number of fused-ring (bicyclic) bond motifs is 4. The molecule has 6 heterocycles. The number of nitrogens with zero attached hydrogens (tertiary/aromatic N) is 7. The number of carbonyl (C=O) groups excluding carboxylic acids is 1. The number of anilines is 1. The molecule has 5 aromatic rings. The van der Waals surface area contributed by atoms with E-state index in [1.165, 1.54) is 36.7 Å². The predicted octanol–water partition coefficient (Wildman–Crippen LogP) is 5.87. The number of hydrogen-bond donors (Lipinski definition) is 1. The van der Waals surface area contributed by atoms with E-state index in [9.17, 15) is 14.3 Å². The van der Waals surface area contributed by atoms with E-state index >= 15 is 8.78 Å². The van der Waals surface area contributed by atoms with E-state index in [-0.39, 0.29) is 57.6 Å². The smallest absolute Gasteiger partial charge is 0.319 e. The lowest BCUT2D eigenvalue weighted by Crippen LogP contribution is -2.56. The minimum atomic E-state index is -0.893. The number of aromatic nitrogens is 4. The molecular weight excluding hydrogens is 671 g/mol. The summed E-state index contributed by atoms with van der Waals surface area (Å²) in [4.78, 5) is 37.0. The summed E-state index contributed by atoms with van der Waals surface area (Å²) in [5.41, 5.74) is 0.0814. The Balaban J connectivity index is 1.19.